The van der Waals surface area contributed by atoms with E-state index >= 15 is 0 Å². The van der Waals surface area contributed by atoms with Crippen LogP contribution in [0.4, 0.5) is 11.4 Å². The van der Waals surface area contributed by atoms with Gasteiger partial charge < -0.3 is 19.7 Å². The molecule has 1 aromatic heterocycles. The molecule has 0 unspecified atom stereocenters. The third kappa shape index (κ3) is 3.80. The van der Waals surface area contributed by atoms with E-state index in [2.05, 4.69) is 10.3 Å². The number of ketones is 1. The quantitative estimate of drug-likeness (QED) is 0.641. The minimum absolute atomic E-state index is 0.0580. The lowest BCUT2D eigenvalue weighted by Gasteiger charge is -2.18. The van der Waals surface area contributed by atoms with Crippen molar-refractivity contribution in [2.75, 3.05) is 37.5 Å². The molecule has 1 aliphatic rings. The van der Waals surface area contributed by atoms with Crippen LogP contribution in [0, 0.1) is 0 Å². The van der Waals surface area contributed by atoms with Crippen molar-refractivity contribution in [2.24, 2.45) is 0 Å². The van der Waals surface area contributed by atoms with Crippen LogP contribution in [0.15, 0.2) is 36.5 Å². The molecule has 0 fully saturated rings. The molecule has 2 aromatic rings. The molecule has 1 aromatic carbocycles. The number of aromatic nitrogens is 1. The van der Waals surface area contributed by atoms with Crippen LogP contribution in [0.2, 0.25) is 0 Å². The summed E-state index contributed by atoms with van der Waals surface area (Å²) >= 11 is 0. The fraction of sp³-hybridized carbons (Fsp3) is 0.222. The van der Waals surface area contributed by atoms with E-state index in [1.165, 1.54) is 12.1 Å². The van der Waals surface area contributed by atoms with Crippen LogP contribution >= 0.6 is 0 Å². The van der Waals surface area contributed by atoms with Crippen LogP contribution in [0.3, 0.4) is 0 Å². The predicted octanol–water partition coefficient (Wildman–Crippen LogP) is 1.52. The molecule has 0 saturated carbocycles. The summed E-state index contributed by atoms with van der Waals surface area (Å²) in [4.78, 5) is 41.5. The first-order valence-electron chi connectivity index (χ1n) is 7.84. The molecule has 0 bridgehead atoms. The summed E-state index contributed by atoms with van der Waals surface area (Å²) in [6.07, 6.45) is 1.55. The Morgan fingerprint density at radius 2 is 2.08 bits per heavy atom. The van der Waals surface area contributed by atoms with Gasteiger partial charge in [0, 0.05) is 19.7 Å². The molecule has 8 heteroatoms. The molecule has 26 heavy (non-hydrogen) atoms. The highest BCUT2D eigenvalue weighted by Gasteiger charge is 2.19. The van der Waals surface area contributed by atoms with E-state index in [9.17, 15) is 14.4 Å². The molecule has 3 rings (SSSR count). The fourth-order valence-corrected chi connectivity index (χ4v) is 2.32. The number of benzene rings is 1. The molecule has 0 atom stereocenters. The van der Waals surface area contributed by atoms with Crippen molar-refractivity contribution in [1.29, 1.82) is 0 Å². The lowest BCUT2D eigenvalue weighted by molar-refractivity contribution is -0.118. The van der Waals surface area contributed by atoms with Gasteiger partial charge in [-0.3, -0.25) is 9.59 Å². The van der Waals surface area contributed by atoms with Crippen molar-refractivity contribution >= 4 is 29.0 Å². The van der Waals surface area contributed by atoms with Gasteiger partial charge in [-0.1, -0.05) is 0 Å². The van der Waals surface area contributed by atoms with Crippen LogP contribution in [0.5, 0.6) is 5.75 Å². The Labute approximate surface area is 149 Å². The van der Waals surface area contributed by atoms with Gasteiger partial charge in [-0.25, -0.2) is 9.78 Å². The van der Waals surface area contributed by atoms with Gasteiger partial charge in [0.1, 0.15) is 11.4 Å². The predicted molar refractivity (Wildman–Crippen MR) is 93.7 cm³/mol. The molecule has 2 heterocycles. The number of nitrogens with one attached hydrogen (secondary N) is 1. The average molecular weight is 355 g/mol. The van der Waals surface area contributed by atoms with Crippen molar-refractivity contribution in [3.63, 3.8) is 0 Å². The molecule has 1 aliphatic heterocycles. The standard InChI is InChI=1S/C18H17N3O5/c1-21(2)12-4-5-13(19-8-12)18(24)26-9-15(22)11-3-6-16-14(7-11)20-17(23)10-25-16/h3-8H,9-10H2,1-2H3,(H,20,23). The Kier molecular flexibility index (Phi) is 4.83. The molecule has 0 saturated heterocycles. The summed E-state index contributed by atoms with van der Waals surface area (Å²) < 4.78 is 10.3. The molecule has 0 spiro atoms. The zero-order valence-corrected chi connectivity index (χ0v) is 14.3. The van der Waals surface area contributed by atoms with Gasteiger partial charge in [-0.05, 0) is 30.3 Å². The molecule has 134 valence electrons. The maximum atomic E-state index is 12.2. The van der Waals surface area contributed by atoms with E-state index in [-0.39, 0.29) is 18.2 Å². The third-order valence-electron chi connectivity index (χ3n) is 3.74. The summed E-state index contributed by atoms with van der Waals surface area (Å²) in [6, 6.07) is 7.90. The van der Waals surface area contributed by atoms with Crippen molar-refractivity contribution in [2.45, 2.75) is 0 Å². The highest BCUT2D eigenvalue weighted by molar-refractivity contribution is 6.02. The monoisotopic (exact) mass is 355 g/mol. The summed E-state index contributed by atoms with van der Waals surface area (Å²) in [5, 5.41) is 2.62. The van der Waals surface area contributed by atoms with E-state index in [1.807, 2.05) is 19.0 Å². The van der Waals surface area contributed by atoms with Crippen molar-refractivity contribution in [3.8, 4) is 5.75 Å². The highest BCUT2D eigenvalue weighted by Crippen LogP contribution is 2.28. The van der Waals surface area contributed by atoms with Gasteiger partial charge in [-0.2, -0.15) is 0 Å². The molecule has 1 N–H and O–H groups in total. The third-order valence-corrected chi connectivity index (χ3v) is 3.74. The van der Waals surface area contributed by atoms with E-state index in [0.29, 0.717) is 17.0 Å². The summed E-state index contributed by atoms with van der Waals surface area (Å²) in [7, 11) is 3.72. The van der Waals surface area contributed by atoms with E-state index < -0.39 is 18.4 Å². The van der Waals surface area contributed by atoms with Crippen LogP contribution < -0.4 is 15.0 Å². The smallest absolute Gasteiger partial charge is 0.357 e. The number of nitrogens with zero attached hydrogens (tertiary/aromatic N) is 2. The van der Waals surface area contributed by atoms with E-state index in [4.69, 9.17) is 9.47 Å². The number of Topliss-reactive ketones (excluding diaryl/α,β-unsaturated/α-hetero) is 1. The summed E-state index contributed by atoms with van der Waals surface area (Å²) in [5.74, 6) is -0.881. The van der Waals surface area contributed by atoms with E-state index in [1.54, 1.807) is 24.4 Å². The van der Waals surface area contributed by atoms with Gasteiger partial charge in [0.2, 0.25) is 0 Å². The minimum atomic E-state index is -0.682. The van der Waals surface area contributed by atoms with Crippen molar-refractivity contribution in [3.05, 3.63) is 47.8 Å². The number of rotatable bonds is 5. The van der Waals surface area contributed by atoms with E-state index in [0.717, 1.165) is 5.69 Å². The Hall–Kier alpha value is -3.42. The zero-order valence-electron chi connectivity index (χ0n) is 14.3. The summed E-state index contributed by atoms with van der Waals surface area (Å²) in [6.45, 7) is -0.485. The second-order valence-corrected chi connectivity index (χ2v) is 5.84. The van der Waals surface area contributed by atoms with Gasteiger partial charge in [0.15, 0.2) is 19.0 Å². The number of anilines is 2. The van der Waals surface area contributed by atoms with Crippen molar-refractivity contribution < 1.29 is 23.9 Å². The number of esters is 1. The zero-order chi connectivity index (χ0) is 18.7. The lowest BCUT2D eigenvalue weighted by atomic mass is 10.1. The number of pyridine rings is 1. The number of carbonyl (C=O) groups excluding carboxylic acids is 3. The maximum absolute atomic E-state index is 12.2. The molecular weight excluding hydrogens is 338 g/mol. The first-order valence-corrected chi connectivity index (χ1v) is 7.84. The topological polar surface area (TPSA) is 97.8 Å². The normalized spacial score (nSPS) is 12.5. The molecule has 0 radical (unpaired) electrons. The average Bonchev–Trinajstić information content (AvgIpc) is 2.65. The number of hydrogen-bond acceptors (Lipinski definition) is 7. The second-order valence-electron chi connectivity index (χ2n) is 5.84. The Morgan fingerprint density at radius 3 is 2.77 bits per heavy atom. The first-order chi connectivity index (χ1) is 12.4. The fourth-order valence-electron chi connectivity index (χ4n) is 2.32. The molecule has 8 nitrogen and oxygen atoms in total. The number of hydrogen-bond donors (Lipinski definition) is 1. The number of amides is 1. The van der Waals surface area contributed by atoms with Crippen LogP contribution in [0.25, 0.3) is 0 Å². The first kappa shape index (κ1) is 17.4. The highest BCUT2D eigenvalue weighted by atomic mass is 16.5. The lowest BCUT2D eigenvalue weighted by Crippen LogP contribution is -2.25. The SMILES string of the molecule is CN(C)c1ccc(C(=O)OCC(=O)c2ccc3c(c2)NC(=O)CO3)nc1. The van der Waals surface area contributed by atoms with Crippen LogP contribution in [-0.4, -0.2) is 50.0 Å². The number of carbonyl (C=O) groups is 3. The molecular formula is C18H17N3O5. The van der Waals surface area contributed by atoms with Gasteiger partial charge in [0.05, 0.1) is 17.6 Å². The van der Waals surface area contributed by atoms with Gasteiger partial charge in [-0.15, -0.1) is 0 Å². The Morgan fingerprint density at radius 1 is 1.27 bits per heavy atom. The van der Waals surface area contributed by atoms with Gasteiger partial charge in [0.25, 0.3) is 5.91 Å². The number of ether oxygens (including phenoxy) is 2. The Balaban J connectivity index is 1.62. The minimum Gasteiger partial charge on any atom is -0.482 e. The Bertz CT molecular complexity index is 862. The van der Waals surface area contributed by atoms with Crippen LogP contribution in [-0.2, 0) is 9.53 Å². The van der Waals surface area contributed by atoms with Crippen LogP contribution in [0.1, 0.15) is 20.8 Å². The van der Waals surface area contributed by atoms with Gasteiger partial charge >= 0.3 is 5.97 Å². The number of fused-ring (bicyclic) bond motifs is 1. The molecule has 0 aliphatic carbocycles. The second kappa shape index (κ2) is 7.22. The van der Waals surface area contributed by atoms with Crippen molar-refractivity contribution in [1.82, 2.24) is 4.98 Å². The summed E-state index contributed by atoms with van der Waals surface area (Å²) in [5.41, 5.74) is 1.68. The largest absolute Gasteiger partial charge is 0.482 e. The maximum Gasteiger partial charge on any atom is 0.357 e. The molecule has 1 amide bonds.